The molecule has 0 saturated carbocycles. The van der Waals surface area contributed by atoms with Crippen LogP contribution in [-0.4, -0.2) is 50.2 Å². The van der Waals surface area contributed by atoms with Crippen molar-refractivity contribution in [2.75, 3.05) is 27.2 Å². The fourth-order valence-electron chi connectivity index (χ4n) is 4.02. The van der Waals surface area contributed by atoms with E-state index in [4.69, 9.17) is 4.74 Å². The Hall–Kier alpha value is -2.53. The van der Waals surface area contributed by atoms with Gasteiger partial charge in [-0.25, -0.2) is 0 Å². The van der Waals surface area contributed by atoms with Gasteiger partial charge in [-0.1, -0.05) is 48.5 Å². The van der Waals surface area contributed by atoms with Gasteiger partial charge in [0, 0.05) is 38.8 Å². The predicted octanol–water partition coefficient (Wildman–Crippen LogP) is 3.46. The number of aliphatic imine (C=N–C) groups is 1. The first-order chi connectivity index (χ1) is 14.2. The van der Waals surface area contributed by atoms with Crippen molar-refractivity contribution in [2.24, 2.45) is 4.99 Å². The molecule has 0 amide bonds. The summed E-state index contributed by atoms with van der Waals surface area (Å²) in [6, 6.07) is 19.9. The van der Waals surface area contributed by atoms with E-state index in [0.29, 0.717) is 12.1 Å². The average Bonchev–Trinajstić information content (AvgIpc) is 2.76. The molecule has 0 aliphatic carbocycles. The Bertz CT molecular complexity index is 777. The lowest BCUT2D eigenvalue weighted by Gasteiger charge is -2.38. The summed E-state index contributed by atoms with van der Waals surface area (Å²) in [5, 5.41) is 7.07. The topological polar surface area (TPSA) is 48.9 Å². The number of likely N-dealkylation sites (tertiary alicyclic amines) is 1. The molecule has 2 atom stereocenters. The lowest BCUT2D eigenvalue weighted by molar-refractivity contribution is 0.134. The molecule has 5 heteroatoms. The van der Waals surface area contributed by atoms with Gasteiger partial charge in [-0.15, -0.1) is 0 Å². The Morgan fingerprint density at radius 3 is 2.62 bits per heavy atom. The van der Waals surface area contributed by atoms with Crippen LogP contribution in [0.15, 0.2) is 59.6 Å². The first kappa shape index (κ1) is 21.2. The smallest absolute Gasteiger partial charge is 0.191 e. The highest BCUT2D eigenvalue weighted by Crippen LogP contribution is 2.20. The number of ether oxygens (including phenoxy) is 1. The fraction of sp³-hybridized carbons (Fsp3) is 0.458. The molecule has 1 aliphatic rings. The minimum Gasteiger partial charge on any atom is -0.496 e. The number of guanidine groups is 1. The van der Waals surface area contributed by atoms with Crippen LogP contribution in [0.2, 0.25) is 0 Å². The summed E-state index contributed by atoms with van der Waals surface area (Å²) in [7, 11) is 3.56. The summed E-state index contributed by atoms with van der Waals surface area (Å²) in [5.41, 5.74) is 2.60. The maximum atomic E-state index is 5.44. The molecule has 1 aliphatic heterocycles. The quantitative estimate of drug-likeness (QED) is 0.558. The average molecular weight is 395 g/mol. The van der Waals surface area contributed by atoms with Crippen molar-refractivity contribution >= 4 is 5.96 Å². The predicted molar refractivity (Wildman–Crippen MR) is 121 cm³/mol. The number of para-hydroxylation sites is 1. The third-order valence-electron chi connectivity index (χ3n) is 5.69. The molecule has 3 rings (SSSR count). The molecule has 0 bridgehead atoms. The van der Waals surface area contributed by atoms with Gasteiger partial charge < -0.3 is 15.4 Å². The van der Waals surface area contributed by atoms with E-state index in [-0.39, 0.29) is 0 Å². The highest BCUT2D eigenvalue weighted by Gasteiger charge is 2.25. The van der Waals surface area contributed by atoms with Crippen molar-refractivity contribution < 1.29 is 4.74 Å². The molecule has 0 spiro atoms. The number of rotatable bonds is 7. The van der Waals surface area contributed by atoms with E-state index in [1.54, 1.807) is 7.11 Å². The SMILES string of the molecule is CN=C(NCCc1ccccc1OC)NC1CCN(Cc2ccccc2)C(C)C1. The molecular formula is C24H34N4O. The molecule has 29 heavy (non-hydrogen) atoms. The van der Waals surface area contributed by atoms with Crippen molar-refractivity contribution in [3.05, 3.63) is 65.7 Å². The van der Waals surface area contributed by atoms with Crippen LogP contribution >= 0.6 is 0 Å². The van der Waals surface area contributed by atoms with Crippen LogP contribution < -0.4 is 15.4 Å². The van der Waals surface area contributed by atoms with Crippen molar-refractivity contribution in [3.63, 3.8) is 0 Å². The zero-order valence-corrected chi connectivity index (χ0v) is 17.9. The number of nitrogens with zero attached hydrogens (tertiary/aromatic N) is 2. The zero-order chi connectivity index (χ0) is 20.5. The molecular weight excluding hydrogens is 360 g/mol. The van der Waals surface area contributed by atoms with Crippen LogP contribution in [0.4, 0.5) is 0 Å². The van der Waals surface area contributed by atoms with Crippen LogP contribution in [0.5, 0.6) is 5.75 Å². The fourth-order valence-corrected chi connectivity index (χ4v) is 4.02. The summed E-state index contributed by atoms with van der Waals surface area (Å²) in [5.74, 6) is 1.82. The first-order valence-corrected chi connectivity index (χ1v) is 10.6. The van der Waals surface area contributed by atoms with Crippen LogP contribution in [0.3, 0.4) is 0 Å². The summed E-state index contributed by atoms with van der Waals surface area (Å²) in [6.07, 6.45) is 3.15. The molecule has 2 aromatic rings. The molecule has 1 saturated heterocycles. The number of hydrogen-bond acceptors (Lipinski definition) is 3. The minimum absolute atomic E-state index is 0.453. The molecule has 1 fully saturated rings. The van der Waals surface area contributed by atoms with Crippen molar-refractivity contribution in [1.29, 1.82) is 0 Å². The molecule has 2 unspecified atom stereocenters. The van der Waals surface area contributed by atoms with Gasteiger partial charge in [-0.2, -0.15) is 0 Å². The summed E-state index contributed by atoms with van der Waals surface area (Å²) in [4.78, 5) is 6.99. The summed E-state index contributed by atoms with van der Waals surface area (Å²) in [6.45, 7) is 5.28. The number of methoxy groups -OCH3 is 1. The van der Waals surface area contributed by atoms with Crippen LogP contribution in [0.1, 0.15) is 30.9 Å². The third kappa shape index (κ3) is 6.23. The standard InChI is InChI=1S/C24H34N4O/c1-19-17-22(14-16-28(19)18-20-9-5-4-6-10-20)27-24(25-2)26-15-13-21-11-7-8-12-23(21)29-3/h4-12,19,22H,13-18H2,1-3H3,(H2,25,26,27). The van der Waals surface area contributed by atoms with Crippen molar-refractivity contribution in [3.8, 4) is 5.75 Å². The maximum Gasteiger partial charge on any atom is 0.191 e. The second-order valence-corrected chi connectivity index (χ2v) is 7.73. The van der Waals surface area contributed by atoms with E-state index in [2.05, 4.69) is 69.9 Å². The van der Waals surface area contributed by atoms with E-state index in [0.717, 1.165) is 50.6 Å². The van der Waals surface area contributed by atoms with Crippen LogP contribution in [-0.2, 0) is 13.0 Å². The van der Waals surface area contributed by atoms with E-state index in [1.165, 1.54) is 11.1 Å². The van der Waals surface area contributed by atoms with Gasteiger partial charge in [-0.3, -0.25) is 9.89 Å². The van der Waals surface area contributed by atoms with Gasteiger partial charge >= 0.3 is 0 Å². The Morgan fingerprint density at radius 1 is 1.14 bits per heavy atom. The van der Waals surface area contributed by atoms with Gasteiger partial charge in [-0.05, 0) is 43.4 Å². The molecule has 2 aromatic carbocycles. The zero-order valence-electron chi connectivity index (χ0n) is 17.9. The monoisotopic (exact) mass is 394 g/mol. The molecule has 5 nitrogen and oxygen atoms in total. The largest absolute Gasteiger partial charge is 0.496 e. The van der Waals surface area contributed by atoms with Gasteiger partial charge in [0.25, 0.3) is 0 Å². The number of piperidine rings is 1. The second kappa shape index (κ2) is 10.9. The highest BCUT2D eigenvalue weighted by atomic mass is 16.5. The Morgan fingerprint density at radius 2 is 1.90 bits per heavy atom. The van der Waals surface area contributed by atoms with Crippen LogP contribution in [0, 0.1) is 0 Å². The number of nitrogens with one attached hydrogen (secondary N) is 2. The first-order valence-electron chi connectivity index (χ1n) is 10.6. The highest BCUT2D eigenvalue weighted by molar-refractivity contribution is 5.80. The van der Waals surface area contributed by atoms with Gasteiger partial charge in [0.1, 0.15) is 5.75 Å². The Labute approximate surface area is 175 Å². The van der Waals surface area contributed by atoms with Crippen molar-refractivity contribution in [1.82, 2.24) is 15.5 Å². The Balaban J connectivity index is 1.44. The molecule has 156 valence electrons. The van der Waals surface area contributed by atoms with Gasteiger partial charge in [0.2, 0.25) is 0 Å². The lowest BCUT2D eigenvalue weighted by atomic mass is 9.97. The number of benzene rings is 2. The van der Waals surface area contributed by atoms with E-state index in [9.17, 15) is 0 Å². The Kier molecular flexibility index (Phi) is 7.94. The number of hydrogen-bond donors (Lipinski definition) is 2. The van der Waals surface area contributed by atoms with E-state index in [1.807, 2.05) is 19.2 Å². The minimum atomic E-state index is 0.453. The summed E-state index contributed by atoms with van der Waals surface area (Å²) < 4.78 is 5.44. The van der Waals surface area contributed by atoms with Crippen LogP contribution in [0.25, 0.3) is 0 Å². The molecule has 1 heterocycles. The normalized spacial score (nSPS) is 20.3. The second-order valence-electron chi connectivity index (χ2n) is 7.73. The van der Waals surface area contributed by atoms with Gasteiger partial charge in [0.05, 0.1) is 7.11 Å². The molecule has 0 radical (unpaired) electrons. The molecule has 2 N–H and O–H groups in total. The summed E-state index contributed by atoms with van der Waals surface area (Å²) >= 11 is 0. The lowest BCUT2D eigenvalue weighted by Crippen LogP contribution is -2.51. The van der Waals surface area contributed by atoms with E-state index < -0.39 is 0 Å². The maximum absolute atomic E-state index is 5.44. The van der Waals surface area contributed by atoms with Crippen molar-refractivity contribution in [2.45, 2.75) is 44.8 Å². The van der Waals surface area contributed by atoms with Gasteiger partial charge in [0.15, 0.2) is 5.96 Å². The molecule has 0 aromatic heterocycles. The van der Waals surface area contributed by atoms with E-state index >= 15 is 0 Å². The third-order valence-corrected chi connectivity index (χ3v) is 5.69.